The molecule has 3 nitrogen and oxygen atoms in total. The van der Waals surface area contributed by atoms with Gasteiger partial charge in [-0.05, 0) is 13.8 Å². The monoisotopic (exact) mass is 228 g/mol. The average Bonchev–Trinajstić information content (AvgIpc) is 1.86. The van der Waals surface area contributed by atoms with Gasteiger partial charge < -0.3 is 3.83 Å². The second-order valence-electron chi connectivity index (χ2n) is 1.92. The van der Waals surface area contributed by atoms with E-state index in [0.29, 0.717) is 0 Å². The van der Waals surface area contributed by atoms with E-state index in [1.165, 1.54) is 13.8 Å². The molecule has 0 aliphatic rings. The Labute approximate surface area is 72.1 Å². The smallest absolute Gasteiger partial charge is 0.346 e. The molecule has 0 bridgehead atoms. The first kappa shape index (κ1) is 9.91. The van der Waals surface area contributed by atoms with Gasteiger partial charge in [-0.15, -0.1) is 0 Å². The Balaban J connectivity index is 4.40. The second-order valence-corrected chi connectivity index (χ2v) is 3.00. The number of rotatable bonds is 2. The summed E-state index contributed by atoms with van der Waals surface area (Å²) in [6.45, 7) is 2.50. The van der Waals surface area contributed by atoms with Crippen LogP contribution in [0.4, 0.5) is 0 Å². The average molecular weight is 229 g/mol. The number of ketones is 1. The lowest BCUT2D eigenvalue weighted by Gasteiger charge is -2.12. The van der Waals surface area contributed by atoms with Crippen LogP contribution in [-0.2, 0) is 13.4 Å². The van der Waals surface area contributed by atoms with Gasteiger partial charge in [0.25, 0.3) is 0 Å². The Morgan fingerprint density at radius 3 is 2.10 bits per heavy atom. The van der Waals surface area contributed by atoms with Crippen LogP contribution in [-0.4, -0.2) is 16.6 Å². The predicted octanol–water partition coefficient (Wildman–Crippen LogP) is 1.43. The highest BCUT2D eigenvalue weighted by Gasteiger charge is 2.37. The number of Topliss-reactive ketones (excluding diaryl/α,β-unsaturated/α-hetero) is 1. The summed E-state index contributed by atoms with van der Waals surface area (Å²) in [5.74, 6) is -1.25. The minimum Gasteiger partial charge on any atom is -0.382 e. The van der Waals surface area contributed by atoms with Crippen LogP contribution in [0.1, 0.15) is 13.8 Å². The van der Waals surface area contributed by atoms with Crippen molar-refractivity contribution in [1.29, 1.82) is 0 Å². The van der Waals surface area contributed by atoms with Crippen molar-refractivity contribution in [2.24, 2.45) is 0 Å². The van der Waals surface area contributed by atoms with Gasteiger partial charge in [-0.1, -0.05) is 11.6 Å². The van der Waals surface area contributed by atoms with Crippen molar-refractivity contribution in [3.63, 3.8) is 0 Å². The highest BCUT2D eigenvalue weighted by Crippen LogP contribution is 2.18. The summed E-state index contributed by atoms with van der Waals surface area (Å²) in [4.78, 5) is 19.7. The lowest BCUT2D eigenvalue weighted by atomic mass is 10.1. The van der Waals surface area contributed by atoms with Gasteiger partial charge in [0.05, 0.1) is 0 Å². The molecule has 0 spiro atoms. The molecule has 0 fully saturated rings. The maximum Gasteiger partial charge on any atom is 0.346 e. The van der Waals surface area contributed by atoms with Crippen LogP contribution in [0.5, 0.6) is 0 Å². The van der Waals surface area contributed by atoms with E-state index in [1.54, 1.807) is 0 Å². The molecule has 0 radical (unpaired) electrons. The van der Waals surface area contributed by atoms with Gasteiger partial charge in [0.1, 0.15) is 0 Å². The number of alkyl halides is 1. The van der Waals surface area contributed by atoms with E-state index in [4.69, 9.17) is 11.6 Å². The van der Waals surface area contributed by atoms with E-state index in [2.05, 4.69) is 20.1 Å². The highest BCUT2D eigenvalue weighted by molar-refractivity contribution is 9.06. The predicted molar refractivity (Wildman–Crippen MR) is 40.0 cm³/mol. The van der Waals surface area contributed by atoms with Crippen LogP contribution < -0.4 is 0 Å². The molecule has 0 aliphatic carbocycles. The molecule has 1 atom stereocenters. The summed E-state index contributed by atoms with van der Waals surface area (Å²) in [6.07, 6.45) is 0. The molecule has 0 aromatic heterocycles. The normalized spacial score (nSPS) is 15.6. The van der Waals surface area contributed by atoms with Crippen LogP contribution >= 0.6 is 27.9 Å². The molecule has 1 unspecified atom stereocenters. The van der Waals surface area contributed by atoms with Crippen LogP contribution in [0.15, 0.2) is 0 Å². The fourth-order valence-corrected chi connectivity index (χ4v) is 0.672. The van der Waals surface area contributed by atoms with E-state index in [0.717, 1.165) is 0 Å². The Kier molecular flexibility index (Phi) is 3.31. The zero-order valence-corrected chi connectivity index (χ0v) is 7.82. The first-order valence-corrected chi connectivity index (χ1v) is 3.48. The molecule has 0 aromatic carbocycles. The Morgan fingerprint density at radius 2 is 2.00 bits per heavy atom. The fourth-order valence-electron chi connectivity index (χ4n) is 0.216. The second kappa shape index (κ2) is 3.34. The zero-order chi connectivity index (χ0) is 8.36. The molecule has 0 amide bonds. The van der Waals surface area contributed by atoms with Crippen LogP contribution in [0.2, 0.25) is 0 Å². The molecule has 0 aliphatic heterocycles. The van der Waals surface area contributed by atoms with Crippen molar-refractivity contribution in [2.75, 3.05) is 0 Å². The molecule has 0 aromatic rings. The lowest BCUT2D eigenvalue weighted by Crippen LogP contribution is -2.36. The van der Waals surface area contributed by atoms with E-state index < -0.39 is 16.6 Å². The highest BCUT2D eigenvalue weighted by atomic mass is 79.9. The Bertz CT molecular complexity index is 166. The van der Waals surface area contributed by atoms with Crippen molar-refractivity contribution in [3.05, 3.63) is 0 Å². The number of carbonyl (C=O) groups excluding carboxylic acids is 2. The lowest BCUT2D eigenvalue weighted by molar-refractivity contribution is -0.139. The first-order valence-electron chi connectivity index (χ1n) is 2.46. The molecular weight excluding hydrogens is 223 g/mol. The molecule has 10 heavy (non-hydrogen) atoms. The minimum absolute atomic E-state index is 0.446. The third-order valence-electron chi connectivity index (χ3n) is 1.11. The summed E-state index contributed by atoms with van der Waals surface area (Å²) in [7, 11) is 0. The standard InChI is InChI=1S/C5H6BrClO3/c1-3(8)5(2,7)4(9)10-6/h1-2H3. The van der Waals surface area contributed by atoms with E-state index >= 15 is 0 Å². The number of hydrogen-bond donors (Lipinski definition) is 0. The first-order chi connectivity index (χ1) is 4.42. The van der Waals surface area contributed by atoms with Gasteiger partial charge in [0.15, 0.2) is 26.9 Å². The number of halogens is 2. The molecule has 5 heteroatoms. The summed E-state index contributed by atoms with van der Waals surface area (Å²) in [5.41, 5.74) is 0. The summed E-state index contributed by atoms with van der Waals surface area (Å²) >= 11 is 7.90. The topological polar surface area (TPSA) is 43.4 Å². The van der Waals surface area contributed by atoms with Crippen molar-refractivity contribution in [1.82, 2.24) is 0 Å². The Morgan fingerprint density at radius 1 is 1.60 bits per heavy atom. The van der Waals surface area contributed by atoms with Crippen LogP contribution in [0.25, 0.3) is 0 Å². The molecule has 58 valence electrons. The molecular formula is C5H6BrClO3. The van der Waals surface area contributed by atoms with E-state index in [-0.39, 0.29) is 0 Å². The largest absolute Gasteiger partial charge is 0.382 e. The quantitative estimate of drug-likeness (QED) is 0.531. The molecule has 0 N–H and O–H groups in total. The van der Waals surface area contributed by atoms with Crippen LogP contribution in [0, 0.1) is 0 Å². The Hall–Kier alpha value is -0.0900. The van der Waals surface area contributed by atoms with E-state index in [9.17, 15) is 9.59 Å². The van der Waals surface area contributed by atoms with Gasteiger partial charge in [-0.3, -0.25) is 4.79 Å². The molecule has 0 saturated carbocycles. The fraction of sp³-hybridized carbons (Fsp3) is 0.600. The third-order valence-corrected chi connectivity index (χ3v) is 1.83. The summed E-state index contributed by atoms with van der Waals surface area (Å²) in [5, 5.41) is 0. The maximum absolute atomic E-state index is 10.7. The maximum atomic E-state index is 10.7. The molecule has 0 rings (SSSR count). The number of hydrogen-bond acceptors (Lipinski definition) is 3. The minimum atomic E-state index is -1.57. The molecule has 0 heterocycles. The van der Waals surface area contributed by atoms with Crippen molar-refractivity contribution in [2.45, 2.75) is 18.7 Å². The van der Waals surface area contributed by atoms with Crippen LogP contribution in [0.3, 0.4) is 0 Å². The molecule has 0 saturated heterocycles. The van der Waals surface area contributed by atoms with Crippen molar-refractivity contribution < 1.29 is 13.4 Å². The van der Waals surface area contributed by atoms with Crippen molar-refractivity contribution in [3.8, 4) is 0 Å². The van der Waals surface area contributed by atoms with Gasteiger partial charge in [-0.2, -0.15) is 0 Å². The van der Waals surface area contributed by atoms with Crippen molar-refractivity contribution >= 4 is 39.6 Å². The van der Waals surface area contributed by atoms with Gasteiger partial charge in [0.2, 0.25) is 0 Å². The SMILES string of the molecule is CC(=O)C(C)(Cl)C(=O)OBr. The van der Waals surface area contributed by atoms with Gasteiger partial charge >= 0.3 is 5.97 Å². The van der Waals surface area contributed by atoms with Gasteiger partial charge in [-0.25, -0.2) is 4.79 Å². The summed E-state index contributed by atoms with van der Waals surface area (Å²) in [6, 6.07) is 0. The third kappa shape index (κ3) is 1.95. The zero-order valence-electron chi connectivity index (χ0n) is 5.48. The number of carbonyl (C=O) groups is 2. The van der Waals surface area contributed by atoms with Gasteiger partial charge in [0, 0.05) is 0 Å². The summed E-state index contributed by atoms with van der Waals surface area (Å²) < 4.78 is 4.10. The van der Waals surface area contributed by atoms with E-state index in [1.807, 2.05) is 0 Å².